The molecule has 0 amide bonds. The lowest BCUT2D eigenvalue weighted by molar-refractivity contribution is -0.118. The molecule has 0 aliphatic rings. The Balaban J connectivity index is 3.23. The number of hydrogen-bond donors (Lipinski definition) is 0. The fourth-order valence-corrected chi connectivity index (χ4v) is 0.455. The predicted octanol–water partition coefficient (Wildman–Crippen LogP) is 1.27. The van der Waals surface area contributed by atoms with E-state index in [4.69, 9.17) is 5.26 Å². The van der Waals surface area contributed by atoms with Gasteiger partial charge < -0.3 is 0 Å². The van der Waals surface area contributed by atoms with Crippen molar-refractivity contribution < 1.29 is 4.79 Å². The van der Waals surface area contributed by atoms with Gasteiger partial charge in [0.15, 0.2) is 0 Å². The van der Waals surface area contributed by atoms with E-state index in [-0.39, 0.29) is 12.2 Å². The molecule has 0 aromatic carbocycles. The first-order valence-corrected chi connectivity index (χ1v) is 2.70. The molecular formula is C6H9NO. The topological polar surface area (TPSA) is 40.9 Å². The average Bonchev–Trinajstić information content (AvgIpc) is 1.68. The second-order valence-electron chi connectivity index (χ2n) is 1.62. The van der Waals surface area contributed by atoms with Crippen molar-refractivity contribution in [1.82, 2.24) is 0 Å². The molecule has 0 aromatic rings. The van der Waals surface area contributed by atoms with Gasteiger partial charge in [-0.25, -0.2) is 0 Å². The second-order valence-corrected chi connectivity index (χ2v) is 1.62. The van der Waals surface area contributed by atoms with Crippen LogP contribution in [0.2, 0.25) is 0 Å². The van der Waals surface area contributed by atoms with Gasteiger partial charge in [0, 0.05) is 6.42 Å². The first kappa shape index (κ1) is 7.16. The minimum atomic E-state index is 0.0509. The average molecular weight is 111 g/mol. The van der Waals surface area contributed by atoms with E-state index < -0.39 is 0 Å². The van der Waals surface area contributed by atoms with Crippen molar-refractivity contribution in [3.05, 3.63) is 0 Å². The second kappa shape index (κ2) is 4.32. The van der Waals surface area contributed by atoms with E-state index in [1.165, 1.54) is 0 Å². The van der Waals surface area contributed by atoms with Gasteiger partial charge in [-0.1, -0.05) is 6.92 Å². The van der Waals surface area contributed by atoms with Gasteiger partial charge in [0.05, 0.1) is 12.5 Å². The number of rotatable bonds is 3. The summed E-state index contributed by atoms with van der Waals surface area (Å²) in [7, 11) is 0. The van der Waals surface area contributed by atoms with E-state index in [0.29, 0.717) is 6.42 Å². The van der Waals surface area contributed by atoms with E-state index in [2.05, 4.69) is 0 Å². The number of carbonyl (C=O) groups excluding carboxylic acids is 1. The largest absolute Gasteiger partial charge is 0.299 e. The molecule has 0 fully saturated rings. The number of nitriles is 1. The molecule has 0 saturated heterocycles. The molecule has 0 saturated carbocycles. The van der Waals surface area contributed by atoms with Crippen molar-refractivity contribution in [2.45, 2.75) is 26.2 Å². The smallest absolute Gasteiger partial charge is 0.146 e. The summed E-state index contributed by atoms with van der Waals surface area (Å²) >= 11 is 0. The van der Waals surface area contributed by atoms with Crippen LogP contribution in [-0.2, 0) is 4.79 Å². The molecule has 0 bridgehead atoms. The number of nitrogens with zero attached hydrogens (tertiary/aromatic N) is 1. The lowest BCUT2D eigenvalue weighted by atomic mass is 10.2. The van der Waals surface area contributed by atoms with Gasteiger partial charge in [0.25, 0.3) is 0 Å². The molecule has 2 nitrogen and oxygen atoms in total. The zero-order valence-electron chi connectivity index (χ0n) is 4.98. The highest BCUT2D eigenvalue weighted by atomic mass is 16.1. The van der Waals surface area contributed by atoms with Gasteiger partial charge in [0.1, 0.15) is 5.78 Å². The molecule has 0 unspecified atom stereocenters. The summed E-state index contributed by atoms with van der Waals surface area (Å²) in [6, 6.07) is 1.80. The van der Waals surface area contributed by atoms with Crippen LogP contribution >= 0.6 is 0 Å². The lowest BCUT2D eigenvalue weighted by Crippen LogP contribution is -1.92. The highest BCUT2D eigenvalue weighted by Crippen LogP contribution is 1.91. The first-order chi connectivity index (χ1) is 3.81. The van der Waals surface area contributed by atoms with Crippen LogP contribution in [0.5, 0.6) is 0 Å². The van der Waals surface area contributed by atoms with E-state index in [0.717, 1.165) is 6.42 Å². The van der Waals surface area contributed by atoms with Crippen molar-refractivity contribution >= 4 is 5.78 Å². The quantitative estimate of drug-likeness (QED) is 0.550. The summed E-state index contributed by atoms with van der Waals surface area (Å²) < 4.78 is 0. The van der Waals surface area contributed by atoms with Crippen LogP contribution in [0.25, 0.3) is 0 Å². The molecule has 0 atom stereocenters. The molecule has 0 N–H and O–H groups in total. The Morgan fingerprint density at radius 2 is 2.38 bits per heavy atom. The molecular weight excluding hydrogens is 102 g/mol. The van der Waals surface area contributed by atoms with Crippen molar-refractivity contribution in [3.8, 4) is 6.07 Å². The SMILES string of the molecule is CCCC(=O)CC#N. The van der Waals surface area contributed by atoms with Gasteiger partial charge in [-0.15, -0.1) is 0 Å². The summed E-state index contributed by atoms with van der Waals surface area (Å²) in [5.41, 5.74) is 0. The van der Waals surface area contributed by atoms with Crippen LogP contribution in [0.15, 0.2) is 0 Å². The van der Waals surface area contributed by atoms with E-state index in [1.807, 2.05) is 6.92 Å². The third-order valence-corrected chi connectivity index (χ3v) is 0.805. The van der Waals surface area contributed by atoms with Gasteiger partial charge in [0.2, 0.25) is 0 Å². The minimum Gasteiger partial charge on any atom is -0.299 e. The lowest BCUT2D eigenvalue weighted by Gasteiger charge is -1.85. The minimum absolute atomic E-state index is 0.0509. The zero-order valence-corrected chi connectivity index (χ0v) is 4.98. The molecule has 0 aromatic heterocycles. The number of hydrogen-bond acceptors (Lipinski definition) is 2. The molecule has 2 heteroatoms. The monoisotopic (exact) mass is 111 g/mol. The van der Waals surface area contributed by atoms with E-state index in [1.54, 1.807) is 6.07 Å². The highest BCUT2D eigenvalue weighted by molar-refractivity contribution is 5.80. The zero-order chi connectivity index (χ0) is 6.41. The van der Waals surface area contributed by atoms with Crippen LogP contribution in [0, 0.1) is 11.3 Å². The van der Waals surface area contributed by atoms with Crippen molar-refractivity contribution in [2.75, 3.05) is 0 Å². The predicted molar refractivity (Wildman–Crippen MR) is 30.1 cm³/mol. The molecule has 0 aliphatic heterocycles. The third kappa shape index (κ3) is 3.35. The van der Waals surface area contributed by atoms with Gasteiger partial charge in [-0.05, 0) is 6.42 Å². The van der Waals surface area contributed by atoms with Crippen LogP contribution in [-0.4, -0.2) is 5.78 Å². The Labute approximate surface area is 49.1 Å². The Kier molecular flexibility index (Phi) is 3.87. The van der Waals surface area contributed by atoms with E-state index in [9.17, 15) is 4.79 Å². The molecule has 0 heterocycles. The van der Waals surface area contributed by atoms with E-state index >= 15 is 0 Å². The normalized spacial score (nSPS) is 8.00. The van der Waals surface area contributed by atoms with Crippen LogP contribution in [0.3, 0.4) is 0 Å². The first-order valence-electron chi connectivity index (χ1n) is 2.70. The fraction of sp³-hybridized carbons (Fsp3) is 0.667. The standard InChI is InChI=1S/C6H9NO/c1-2-3-6(8)4-5-7/h2-4H2,1H3. The Hall–Kier alpha value is -0.840. The fourth-order valence-electron chi connectivity index (χ4n) is 0.455. The maximum Gasteiger partial charge on any atom is 0.146 e. The number of ketones is 1. The maximum atomic E-state index is 10.4. The Morgan fingerprint density at radius 1 is 1.75 bits per heavy atom. The highest BCUT2D eigenvalue weighted by Gasteiger charge is 1.95. The molecule has 0 radical (unpaired) electrons. The summed E-state index contributed by atoms with van der Waals surface area (Å²) in [6.07, 6.45) is 1.47. The Morgan fingerprint density at radius 3 is 2.75 bits per heavy atom. The van der Waals surface area contributed by atoms with Crippen LogP contribution < -0.4 is 0 Å². The summed E-state index contributed by atoms with van der Waals surface area (Å²) in [5, 5.41) is 7.99. The molecule has 0 spiro atoms. The molecule has 0 rings (SSSR count). The maximum absolute atomic E-state index is 10.4. The summed E-state index contributed by atoms with van der Waals surface area (Å²) in [5.74, 6) is 0.0509. The van der Waals surface area contributed by atoms with Crippen LogP contribution in [0.1, 0.15) is 26.2 Å². The number of Topliss-reactive ketones (excluding diaryl/α,β-unsaturated/α-hetero) is 1. The van der Waals surface area contributed by atoms with Gasteiger partial charge >= 0.3 is 0 Å². The van der Waals surface area contributed by atoms with Gasteiger partial charge in [-0.3, -0.25) is 4.79 Å². The molecule has 44 valence electrons. The Bertz CT molecular complexity index is 112. The van der Waals surface area contributed by atoms with Gasteiger partial charge in [-0.2, -0.15) is 5.26 Å². The van der Waals surface area contributed by atoms with Crippen molar-refractivity contribution in [3.63, 3.8) is 0 Å². The van der Waals surface area contributed by atoms with Crippen LogP contribution in [0.4, 0.5) is 0 Å². The summed E-state index contributed by atoms with van der Waals surface area (Å²) in [4.78, 5) is 10.4. The molecule has 8 heavy (non-hydrogen) atoms. The third-order valence-electron chi connectivity index (χ3n) is 0.805. The van der Waals surface area contributed by atoms with Crippen molar-refractivity contribution in [1.29, 1.82) is 5.26 Å². The van der Waals surface area contributed by atoms with Crippen molar-refractivity contribution in [2.24, 2.45) is 0 Å². The number of carbonyl (C=O) groups is 1. The molecule has 0 aliphatic carbocycles. The summed E-state index contributed by atoms with van der Waals surface area (Å²) in [6.45, 7) is 1.93.